The number of piperidine rings is 1. The largest absolute Gasteiger partial charge is 0.480 e. The van der Waals surface area contributed by atoms with Gasteiger partial charge >= 0.3 is 5.97 Å². The molecule has 0 aliphatic carbocycles. The lowest BCUT2D eigenvalue weighted by Crippen LogP contribution is -2.49. The highest BCUT2D eigenvalue weighted by Crippen LogP contribution is 2.25. The van der Waals surface area contributed by atoms with Crippen LogP contribution < -0.4 is 5.32 Å². The summed E-state index contributed by atoms with van der Waals surface area (Å²) in [7, 11) is 0. The van der Waals surface area contributed by atoms with E-state index in [0.717, 1.165) is 12.8 Å². The van der Waals surface area contributed by atoms with Crippen LogP contribution in [0.2, 0.25) is 0 Å². The number of carbonyl (C=O) groups excluding carboxylic acids is 1. The van der Waals surface area contributed by atoms with E-state index >= 15 is 0 Å². The number of amides is 1. The number of aryl methyl sites for hydroxylation is 1. The molecule has 0 radical (unpaired) electrons. The van der Waals surface area contributed by atoms with Crippen molar-refractivity contribution in [1.82, 2.24) is 10.1 Å². The third-order valence-electron chi connectivity index (χ3n) is 3.93. The average molecular weight is 295 g/mol. The molecule has 0 aromatic carbocycles. The van der Waals surface area contributed by atoms with Crippen LogP contribution in [-0.4, -0.2) is 46.2 Å². The molecule has 2 heterocycles. The number of nitrogens with one attached hydrogen (secondary N) is 1. The quantitative estimate of drug-likeness (QED) is 0.854. The van der Waals surface area contributed by atoms with Gasteiger partial charge < -0.3 is 14.9 Å². The van der Waals surface area contributed by atoms with Crippen molar-refractivity contribution in [3.05, 3.63) is 11.8 Å². The summed E-state index contributed by atoms with van der Waals surface area (Å²) in [4.78, 5) is 25.1. The van der Waals surface area contributed by atoms with Gasteiger partial charge in [0.25, 0.3) is 0 Å². The van der Waals surface area contributed by atoms with Crippen molar-refractivity contribution < 1.29 is 19.2 Å². The molecule has 1 aliphatic rings. The number of carbonyl (C=O) groups is 2. The second kappa shape index (κ2) is 6.71. The topological polar surface area (TPSA) is 95.7 Å². The van der Waals surface area contributed by atoms with Crippen molar-refractivity contribution in [1.29, 1.82) is 0 Å². The van der Waals surface area contributed by atoms with E-state index in [1.165, 1.54) is 0 Å². The van der Waals surface area contributed by atoms with Gasteiger partial charge in [0, 0.05) is 6.07 Å². The van der Waals surface area contributed by atoms with E-state index in [4.69, 9.17) is 4.52 Å². The Bertz CT molecular complexity index is 514. The molecule has 1 fully saturated rings. The van der Waals surface area contributed by atoms with Crippen molar-refractivity contribution in [3.63, 3.8) is 0 Å². The fourth-order valence-corrected chi connectivity index (χ4v) is 2.70. The number of hydrogen-bond acceptors (Lipinski definition) is 5. The number of rotatable bonds is 5. The Morgan fingerprint density at radius 1 is 1.57 bits per heavy atom. The molecule has 1 aromatic rings. The maximum atomic E-state index is 12.0. The molecule has 116 valence electrons. The summed E-state index contributed by atoms with van der Waals surface area (Å²) in [6, 6.07) is 1.03. The van der Waals surface area contributed by atoms with Crippen LogP contribution in [0.5, 0.6) is 0 Å². The number of carboxylic acid groups (broad SMARTS) is 1. The van der Waals surface area contributed by atoms with E-state index in [1.807, 2.05) is 0 Å². The monoisotopic (exact) mass is 295 g/mol. The van der Waals surface area contributed by atoms with Gasteiger partial charge in [-0.15, -0.1) is 0 Å². The first-order valence-corrected chi connectivity index (χ1v) is 7.19. The third-order valence-corrected chi connectivity index (χ3v) is 3.93. The Balaban J connectivity index is 1.93. The molecule has 1 aliphatic heterocycles. The molecular formula is C14H21N3O4. The highest BCUT2D eigenvalue weighted by molar-refractivity contribution is 5.91. The summed E-state index contributed by atoms with van der Waals surface area (Å²) in [5.41, 5.74) is 0. The first kappa shape index (κ1) is 15.5. The highest BCUT2D eigenvalue weighted by Gasteiger charge is 2.33. The van der Waals surface area contributed by atoms with Gasteiger partial charge in [0.15, 0.2) is 5.82 Å². The number of anilines is 1. The summed E-state index contributed by atoms with van der Waals surface area (Å²) < 4.78 is 4.87. The molecule has 2 rings (SSSR count). The van der Waals surface area contributed by atoms with Crippen LogP contribution in [0.25, 0.3) is 0 Å². The summed E-state index contributed by atoms with van der Waals surface area (Å²) in [6.07, 6.45) is 2.50. The van der Waals surface area contributed by atoms with Gasteiger partial charge in [-0.2, -0.15) is 0 Å². The van der Waals surface area contributed by atoms with Crippen molar-refractivity contribution in [2.45, 2.75) is 39.2 Å². The fraction of sp³-hybridized carbons (Fsp3) is 0.643. The number of aromatic nitrogens is 1. The van der Waals surface area contributed by atoms with E-state index in [0.29, 0.717) is 30.5 Å². The molecule has 0 saturated carbocycles. The van der Waals surface area contributed by atoms with E-state index in [9.17, 15) is 14.7 Å². The number of carboxylic acids is 1. The third kappa shape index (κ3) is 4.04. The van der Waals surface area contributed by atoms with Gasteiger partial charge in [0.2, 0.25) is 5.91 Å². The Hall–Kier alpha value is -1.89. The summed E-state index contributed by atoms with van der Waals surface area (Å²) in [6.45, 7) is 4.48. The molecule has 21 heavy (non-hydrogen) atoms. The lowest BCUT2D eigenvalue weighted by atomic mass is 9.89. The minimum Gasteiger partial charge on any atom is -0.480 e. The minimum atomic E-state index is -0.863. The summed E-state index contributed by atoms with van der Waals surface area (Å²) in [5.74, 6) is 0.247. The van der Waals surface area contributed by atoms with Crippen LogP contribution in [0.3, 0.4) is 0 Å². The summed E-state index contributed by atoms with van der Waals surface area (Å²) in [5, 5.41) is 15.6. The summed E-state index contributed by atoms with van der Waals surface area (Å²) >= 11 is 0. The van der Waals surface area contributed by atoms with Crippen LogP contribution in [-0.2, 0) is 9.59 Å². The van der Waals surface area contributed by atoms with Crippen LogP contribution in [0.4, 0.5) is 5.82 Å². The van der Waals surface area contributed by atoms with Crippen molar-refractivity contribution in [2.75, 3.05) is 18.4 Å². The second-order valence-electron chi connectivity index (χ2n) is 5.49. The zero-order chi connectivity index (χ0) is 15.4. The van der Waals surface area contributed by atoms with Gasteiger partial charge in [-0.1, -0.05) is 18.5 Å². The molecule has 0 bridgehead atoms. The van der Waals surface area contributed by atoms with Crippen molar-refractivity contribution >= 4 is 17.7 Å². The Morgan fingerprint density at radius 2 is 2.33 bits per heavy atom. The second-order valence-corrected chi connectivity index (χ2v) is 5.49. The maximum Gasteiger partial charge on any atom is 0.320 e. The minimum absolute atomic E-state index is 0.0549. The van der Waals surface area contributed by atoms with E-state index < -0.39 is 12.0 Å². The number of nitrogens with zero attached hydrogens (tertiary/aromatic N) is 2. The van der Waals surface area contributed by atoms with Crippen LogP contribution in [0.15, 0.2) is 10.6 Å². The Kier molecular flexibility index (Phi) is 4.95. The van der Waals surface area contributed by atoms with Gasteiger partial charge in [-0.05, 0) is 32.2 Å². The van der Waals surface area contributed by atoms with E-state index in [-0.39, 0.29) is 12.5 Å². The van der Waals surface area contributed by atoms with Gasteiger partial charge in [-0.25, -0.2) is 0 Å². The van der Waals surface area contributed by atoms with Gasteiger partial charge in [0.1, 0.15) is 11.8 Å². The molecule has 1 amide bonds. The van der Waals surface area contributed by atoms with Crippen molar-refractivity contribution in [3.8, 4) is 0 Å². The smallest absolute Gasteiger partial charge is 0.320 e. The molecule has 2 N–H and O–H groups in total. The molecule has 1 saturated heterocycles. The number of likely N-dealkylation sites (tertiary alicyclic amines) is 1. The molecule has 7 nitrogen and oxygen atoms in total. The predicted molar refractivity (Wildman–Crippen MR) is 75.9 cm³/mol. The molecule has 2 atom stereocenters. The van der Waals surface area contributed by atoms with Gasteiger partial charge in [0.05, 0.1) is 6.54 Å². The number of hydrogen-bond donors (Lipinski definition) is 2. The zero-order valence-electron chi connectivity index (χ0n) is 12.3. The molecule has 2 unspecified atom stereocenters. The molecule has 1 aromatic heterocycles. The standard InChI is InChI=1S/C14H21N3O4/c1-3-10-4-5-17(11(7-10)14(19)20)8-13(18)15-12-6-9(2)21-16-12/h6,10-11H,3-5,7-8H2,1-2H3,(H,19,20)(H,15,16,18). The Labute approximate surface area is 123 Å². The SMILES string of the molecule is CCC1CCN(CC(=O)Nc2cc(C)on2)C(C(=O)O)C1. The van der Waals surface area contributed by atoms with E-state index in [1.54, 1.807) is 17.9 Å². The molecule has 7 heteroatoms. The average Bonchev–Trinajstić information content (AvgIpc) is 2.84. The van der Waals surface area contributed by atoms with Crippen LogP contribution >= 0.6 is 0 Å². The fourth-order valence-electron chi connectivity index (χ4n) is 2.70. The highest BCUT2D eigenvalue weighted by atomic mass is 16.5. The zero-order valence-corrected chi connectivity index (χ0v) is 12.3. The molecular weight excluding hydrogens is 274 g/mol. The van der Waals surface area contributed by atoms with Crippen LogP contribution in [0, 0.1) is 12.8 Å². The Morgan fingerprint density at radius 3 is 2.90 bits per heavy atom. The lowest BCUT2D eigenvalue weighted by Gasteiger charge is -2.36. The lowest BCUT2D eigenvalue weighted by molar-refractivity contribution is -0.145. The first-order valence-electron chi connectivity index (χ1n) is 7.19. The van der Waals surface area contributed by atoms with Crippen molar-refractivity contribution in [2.24, 2.45) is 5.92 Å². The van der Waals surface area contributed by atoms with E-state index in [2.05, 4.69) is 17.4 Å². The normalized spacial score (nSPS) is 23.0. The first-order chi connectivity index (χ1) is 9.99. The maximum absolute atomic E-state index is 12.0. The molecule has 0 spiro atoms. The predicted octanol–water partition coefficient (Wildman–Crippen LogP) is 1.50. The van der Waals surface area contributed by atoms with Crippen LogP contribution in [0.1, 0.15) is 31.9 Å². The number of aliphatic carboxylic acids is 1. The van der Waals surface area contributed by atoms with Gasteiger partial charge in [-0.3, -0.25) is 14.5 Å².